The van der Waals surface area contributed by atoms with Crippen molar-refractivity contribution in [2.24, 2.45) is 0 Å². The smallest absolute Gasteiger partial charge is 0.251 e. The molecule has 0 aliphatic carbocycles. The average molecular weight is 402 g/mol. The van der Waals surface area contributed by atoms with Crippen LogP contribution in [0.25, 0.3) is 0 Å². The molecule has 2 aromatic carbocycles. The summed E-state index contributed by atoms with van der Waals surface area (Å²) in [5, 5.41) is 2.87. The van der Waals surface area contributed by atoms with Gasteiger partial charge in [0.05, 0.1) is 4.90 Å². The number of rotatable bonds is 7. The summed E-state index contributed by atoms with van der Waals surface area (Å²) in [6.45, 7) is 2.35. The Kier molecular flexibility index (Phi) is 6.49. The number of carbonyl (C=O) groups is 1. The lowest BCUT2D eigenvalue weighted by atomic mass is 10.1. The molecule has 1 fully saturated rings. The molecular weight excluding hydrogens is 374 g/mol. The zero-order valence-electron chi connectivity index (χ0n) is 16.4. The Morgan fingerprint density at radius 1 is 1.04 bits per heavy atom. The summed E-state index contributed by atoms with van der Waals surface area (Å²) in [5.74, 6) is -0.282. The van der Waals surface area contributed by atoms with Gasteiger partial charge in [-0.05, 0) is 56.3 Å². The molecule has 3 rings (SSSR count). The number of nitrogens with one attached hydrogen (secondary N) is 1. The van der Waals surface area contributed by atoms with Gasteiger partial charge in [-0.2, -0.15) is 4.31 Å². The van der Waals surface area contributed by atoms with Crippen molar-refractivity contribution < 1.29 is 13.2 Å². The number of benzene rings is 2. The van der Waals surface area contributed by atoms with E-state index in [9.17, 15) is 13.2 Å². The van der Waals surface area contributed by atoms with Crippen LogP contribution in [0.5, 0.6) is 0 Å². The second kappa shape index (κ2) is 8.86. The average Bonchev–Trinajstić information content (AvgIpc) is 3.22. The molecule has 0 saturated carbocycles. The second-order valence-corrected chi connectivity index (χ2v) is 9.31. The molecule has 150 valence electrons. The minimum Gasteiger partial charge on any atom is -0.348 e. The summed E-state index contributed by atoms with van der Waals surface area (Å²) < 4.78 is 26.9. The van der Waals surface area contributed by atoms with Crippen LogP contribution >= 0.6 is 0 Å². The Hall–Kier alpha value is -2.22. The van der Waals surface area contributed by atoms with E-state index < -0.39 is 10.0 Å². The number of sulfonamides is 1. The van der Waals surface area contributed by atoms with Crippen molar-refractivity contribution in [1.82, 2.24) is 14.5 Å². The lowest BCUT2D eigenvalue weighted by molar-refractivity contribution is 0.0950. The van der Waals surface area contributed by atoms with Gasteiger partial charge in [0.2, 0.25) is 10.0 Å². The Balaban J connectivity index is 1.65. The molecule has 0 radical (unpaired) electrons. The molecule has 7 heteroatoms. The maximum atomic E-state index is 12.7. The van der Waals surface area contributed by atoms with E-state index in [4.69, 9.17) is 0 Å². The lowest BCUT2D eigenvalue weighted by Crippen LogP contribution is -2.28. The van der Waals surface area contributed by atoms with Gasteiger partial charge in [-0.3, -0.25) is 4.79 Å². The molecule has 0 aromatic heterocycles. The van der Waals surface area contributed by atoms with Gasteiger partial charge in [-0.1, -0.05) is 30.3 Å². The third-order valence-corrected chi connectivity index (χ3v) is 6.67. The lowest BCUT2D eigenvalue weighted by Gasteiger charge is -2.16. The van der Waals surface area contributed by atoms with Crippen LogP contribution in [-0.4, -0.2) is 50.7 Å². The quantitative estimate of drug-likeness (QED) is 0.774. The van der Waals surface area contributed by atoms with E-state index in [1.54, 1.807) is 18.2 Å². The highest BCUT2D eigenvalue weighted by Crippen LogP contribution is 2.21. The van der Waals surface area contributed by atoms with Crippen LogP contribution in [0, 0.1) is 0 Å². The van der Waals surface area contributed by atoms with Crippen LogP contribution in [0.1, 0.15) is 34.3 Å². The van der Waals surface area contributed by atoms with Gasteiger partial charge in [-0.15, -0.1) is 0 Å². The molecule has 6 nitrogen and oxygen atoms in total. The minimum absolute atomic E-state index is 0.176. The summed E-state index contributed by atoms with van der Waals surface area (Å²) in [5.41, 5.74) is 2.56. The topological polar surface area (TPSA) is 69.7 Å². The predicted molar refractivity (Wildman–Crippen MR) is 109 cm³/mol. The molecule has 1 aliphatic rings. The van der Waals surface area contributed by atoms with Gasteiger partial charge in [0.15, 0.2) is 0 Å². The van der Waals surface area contributed by atoms with E-state index in [1.165, 1.54) is 15.9 Å². The van der Waals surface area contributed by atoms with Crippen molar-refractivity contribution in [3.8, 4) is 0 Å². The Labute approximate surface area is 167 Å². The highest BCUT2D eigenvalue weighted by atomic mass is 32.2. The first-order valence-corrected chi connectivity index (χ1v) is 10.9. The van der Waals surface area contributed by atoms with Crippen molar-refractivity contribution >= 4 is 15.9 Å². The minimum atomic E-state index is -3.53. The van der Waals surface area contributed by atoms with E-state index in [1.807, 2.05) is 38.4 Å². The van der Waals surface area contributed by atoms with Crippen molar-refractivity contribution in [3.05, 3.63) is 65.2 Å². The van der Waals surface area contributed by atoms with Crippen molar-refractivity contribution in [2.45, 2.75) is 30.8 Å². The van der Waals surface area contributed by atoms with Gasteiger partial charge < -0.3 is 10.2 Å². The molecule has 2 aromatic rings. The summed E-state index contributed by atoms with van der Waals surface area (Å²) in [7, 11) is 0.513. The Bertz CT molecular complexity index is 918. The highest BCUT2D eigenvalue weighted by Gasteiger charge is 2.27. The number of hydrogen-bond donors (Lipinski definition) is 1. The Morgan fingerprint density at radius 3 is 2.32 bits per heavy atom. The molecule has 1 heterocycles. The first-order valence-electron chi connectivity index (χ1n) is 9.47. The zero-order valence-corrected chi connectivity index (χ0v) is 17.2. The molecule has 1 amide bonds. The first kappa shape index (κ1) is 20.5. The molecule has 28 heavy (non-hydrogen) atoms. The third-order valence-electron chi connectivity index (χ3n) is 4.77. The van der Waals surface area contributed by atoms with Crippen LogP contribution in [0.4, 0.5) is 0 Å². The largest absolute Gasteiger partial charge is 0.348 e. The number of amides is 1. The molecule has 0 spiro atoms. The van der Waals surface area contributed by atoms with E-state index in [0.29, 0.717) is 25.2 Å². The second-order valence-electron chi connectivity index (χ2n) is 7.38. The predicted octanol–water partition coefficient (Wildman–Crippen LogP) is 2.46. The normalized spacial score (nSPS) is 15.1. The maximum Gasteiger partial charge on any atom is 0.251 e. The van der Waals surface area contributed by atoms with Crippen molar-refractivity contribution in [1.29, 1.82) is 0 Å². The number of hydrogen-bond acceptors (Lipinski definition) is 4. The third kappa shape index (κ3) is 4.98. The monoisotopic (exact) mass is 401 g/mol. The SMILES string of the molecule is CN(C)Cc1ccc(CNC(=O)c2cccc(S(=O)(=O)N3CCCC3)c2)cc1. The van der Waals surface area contributed by atoms with E-state index >= 15 is 0 Å². The van der Waals surface area contributed by atoms with Crippen molar-refractivity contribution in [3.63, 3.8) is 0 Å². The standard InChI is InChI=1S/C21H27N3O3S/c1-23(2)16-18-10-8-17(9-11-18)15-22-21(25)19-6-5-7-20(14-19)28(26,27)24-12-3-4-13-24/h5-11,14H,3-4,12-13,15-16H2,1-2H3,(H,22,25). The van der Waals surface area contributed by atoms with Gasteiger partial charge in [0, 0.05) is 31.7 Å². The number of carbonyl (C=O) groups excluding carboxylic acids is 1. The fraction of sp³-hybridized carbons (Fsp3) is 0.381. The summed E-state index contributed by atoms with van der Waals surface area (Å²) in [4.78, 5) is 14.8. The molecule has 0 unspecified atom stereocenters. The molecular formula is C21H27N3O3S. The summed E-state index contributed by atoms with van der Waals surface area (Å²) in [6, 6.07) is 14.3. The van der Waals surface area contributed by atoms with Crippen molar-refractivity contribution in [2.75, 3.05) is 27.2 Å². The molecule has 1 saturated heterocycles. The summed E-state index contributed by atoms with van der Waals surface area (Å²) in [6.07, 6.45) is 1.76. The van der Waals surface area contributed by atoms with Gasteiger partial charge in [0.1, 0.15) is 0 Å². The fourth-order valence-corrected chi connectivity index (χ4v) is 4.85. The van der Waals surface area contributed by atoms with Crippen LogP contribution < -0.4 is 5.32 Å². The van der Waals surface area contributed by atoms with Crippen LogP contribution in [0.2, 0.25) is 0 Å². The summed E-state index contributed by atoms with van der Waals surface area (Å²) >= 11 is 0. The van der Waals surface area contributed by atoms with E-state index in [0.717, 1.165) is 24.9 Å². The van der Waals surface area contributed by atoms with Gasteiger partial charge >= 0.3 is 0 Å². The first-order chi connectivity index (χ1) is 13.4. The van der Waals surface area contributed by atoms with Crippen LogP contribution in [-0.2, 0) is 23.1 Å². The zero-order chi connectivity index (χ0) is 20.1. The Morgan fingerprint density at radius 2 is 1.68 bits per heavy atom. The molecule has 1 N–H and O–H groups in total. The van der Waals surface area contributed by atoms with Crippen LogP contribution in [0.15, 0.2) is 53.4 Å². The van der Waals surface area contributed by atoms with Gasteiger partial charge in [0.25, 0.3) is 5.91 Å². The number of nitrogens with zero attached hydrogens (tertiary/aromatic N) is 2. The molecule has 0 bridgehead atoms. The van der Waals surface area contributed by atoms with Gasteiger partial charge in [-0.25, -0.2) is 8.42 Å². The van der Waals surface area contributed by atoms with Crippen LogP contribution in [0.3, 0.4) is 0 Å². The van der Waals surface area contributed by atoms with E-state index in [-0.39, 0.29) is 10.8 Å². The maximum absolute atomic E-state index is 12.7. The fourth-order valence-electron chi connectivity index (χ4n) is 3.29. The van der Waals surface area contributed by atoms with E-state index in [2.05, 4.69) is 10.2 Å². The molecule has 1 aliphatic heterocycles. The molecule has 0 atom stereocenters. The highest BCUT2D eigenvalue weighted by molar-refractivity contribution is 7.89.